The van der Waals surface area contributed by atoms with Crippen molar-refractivity contribution < 1.29 is 9.21 Å². The van der Waals surface area contributed by atoms with Crippen LogP contribution in [0.25, 0.3) is 6.08 Å². The lowest BCUT2D eigenvalue weighted by Crippen LogP contribution is -2.55. The molecule has 1 unspecified atom stereocenters. The number of hydrogen-bond acceptors (Lipinski definition) is 2. The minimum absolute atomic E-state index is 0.000328. The molecule has 4 aliphatic rings. The lowest BCUT2D eigenvalue weighted by Gasteiger charge is -2.59. The number of carbonyl (C=O) groups excluding carboxylic acids is 1. The third-order valence-corrected chi connectivity index (χ3v) is 6.31. The van der Waals surface area contributed by atoms with Gasteiger partial charge in [0.15, 0.2) is 0 Å². The molecule has 1 aromatic rings. The largest absolute Gasteiger partial charge is 0.465 e. The topological polar surface area (TPSA) is 42.2 Å². The van der Waals surface area contributed by atoms with E-state index in [1.54, 1.807) is 18.4 Å². The molecule has 1 amide bonds. The summed E-state index contributed by atoms with van der Waals surface area (Å²) in [5.41, 5.74) is 0.364. The van der Waals surface area contributed by atoms with E-state index in [2.05, 4.69) is 12.2 Å². The van der Waals surface area contributed by atoms with Crippen LogP contribution >= 0.6 is 0 Å². The van der Waals surface area contributed by atoms with Crippen molar-refractivity contribution in [2.45, 2.75) is 51.5 Å². The summed E-state index contributed by atoms with van der Waals surface area (Å²) in [5.74, 6) is 3.48. The second-order valence-electron chi connectivity index (χ2n) is 7.86. The van der Waals surface area contributed by atoms with Gasteiger partial charge in [0.2, 0.25) is 5.91 Å². The van der Waals surface area contributed by atoms with Gasteiger partial charge in [0.1, 0.15) is 5.76 Å². The Hall–Kier alpha value is -1.51. The average Bonchev–Trinajstić information content (AvgIpc) is 2.97. The summed E-state index contributed by atoms with van der Waals surface area (Å²) in [6.45, 7) is 2.21. The zero-order valence-electron chi connectivity index (χ0n) is 13.3. The zero-order chi connectivity index (χ0) is 15.2. The van der Waals surface area contributed by atoms with E-state index >= 15 is 0 Å². The Labute approximate surface area is 132 Å². The molecule has 1 atom stereocenters. The van der Waals surface area contributed by atoms with Crippen molar-refractivity contribution in [2.75, 3.05) is 0 Å². The molecule has 1 N–H and O–H groups in total. The van der Waals surface area contributed by atoms with Gasteiger partial charge in [-0.05, 0) is 86.8 Å². The first-order valence-corrected chi connectivity index (χ1v) is 8.65. The van der Waals surface area contributed by atoms with Crippen LogP contribution in [0, 0.1) is 23.2 Å². The molecule has 3 nitrogen and oxygen atoms in total. The van der Waals surface area contributed by atoms with E-state index in [4.69, 9.17) is 4.42 Å². The summed E-state index contributed by atoms with van der Waals surface area (Å²) in [7, 11) is 0. The third-order valence-electron chi connectivity index (χ3n) is 6.31. The Morgan fingerprint density at radius 1 is 1.27 bits per heavy atom. The highest BCUT2D eigenvalue weighted by Gasteiger charge is 2.53. The van der Waals surface area contributed by atoms with Gasteiger partial charge in [-0.1, -0.05) is 0 Å². The molecule has 1 heterocycles. The Morgan fingerprint density at radius 2 is 1.91 bits per heavy atom. The molecule has 3 heteroatoms. The van der Waals surface area contributed by atoms with Crippen molar-refractivity contribution >= 4 is 12.0 Å². The van der Waals surface area contributed by atoms with Crippen LogP contribution < -0.4 is 5.32 Å². The number of hydrogen-bond donors (Lipinski definition) is 1. The van der Waals surface area contributed by atoms with Gasteiger partial charge in [0.05, 0.1) is 6.26 Å². The molecule has 118 valence electrons. The smallest absolute Gasteiger partial charge is 0.244 e. The van der Waals surface area contributed by atoms with Crippen LogP contribution in [0.5, 0.6) is 0 Å². The monoisotopic (exact) mass is 299 g/mol. The minimum Gasteiger partial charge on any atom is -0.465 e. The SMILES string of the molecule is CC(NC(=O)/C=C/c1ccco1)C12CC3CC(CC(C3)C1)C2. The Kier molecular flexibility index (Phi) is 3.39. The lowest BCUT2D eigenvalue weighted by molar-refractivity contribution is -0.121. The minimum atomic E-state index is -0.000328. The van der Waals surface area contributed by atoms with E-state index in [9.17, 15) is 4.79 Å². The van der Waals surface area contributed by atoms with Crippen LogP contribution in [0.4, 0.5) is 0 Å². The van der Waals surface area contributed by atoms with Crippen LogP contribution in [0.3, 0.4) is 0 Å². The molecular formula is C19H25NO2. The van der Waals surface area contributed by atoms with Gasteiger partial charge in [0, 0.05) is 12.1 Å². The van der Waals surface area contributed by atoms with Crippen LogP contribution in [0.15, 0.2) is 28.9 Å². The van der Waals surface area contributed by atoms with Gasteiger partial charge < -0.3 is 9.73 Å². The van der Waals surface area contributed by atoms with Crippen molar-refractivity contribution in [1.82, 2.24) is 5.32 Å². The van der Waals surface area contributed by atoms with E-state index in [-0.39, 0.29) is 11.9 Å². The number of nitrogens with one attached hydrogen (secondary N) is 1. The number of rotatable bonds is 4. The quantitative estimate of drug-likeness (QED) is 0.853. The van der Waals surface area contributed by atoms with E-state index < -0.39 is 0 Å². The maximum atomic E-state index is 12.2. The van der Waals surface area contributed by atoms with Gasteiger partial charge in [-0.15, -0.1) is 0 Å². The van der Waals surface area contributed by atoms with Gasteiger partial charge in [-0.3, -0.25) is 4.79 Å². The molecule has 4 fully saturated rings. The molecule has 22 heavy (non-hydrogen) atoms. The van der Waals surface area contributed by atoms with E-state index in [0.29, 0.717) is 5.41 Å². The maximum absolute atomic E-state index is 12.2. The maximum Gasteiger partial charge on any atom is 0.244 e. The second-order valence-corrected chi connectivity index (χ2v) is 7.86. The lowest BCUT2D eigenvalue weighted by atomic mass is 9.48. The van der Waals surface area contributed by atoms with Crippen molar-refractivity contribution in [3.8, 4) is 0 Å². The fraction of sp³-hybridized carbons (Fsp3) is 0.632. The van der Waals surface area contributed by atoms with E-state index in [1.165, 1.54) is 38.5 Å². The summed E-state index contributed by atoms with van der Waals surface area (Å²) >= 11 is 0. The third kappa shape index (κ3) is 2.51. The highest BCUT2D eigenvalue weighted by molar-refractivity contribution is 5.91. The highest BCUT2D eigenvalue weighted by atomic mass is 16.3. The van der Waals surface area contributed by atoms with Crippen LogP contribution in [-0.2, 0) is 4.79 Å². The first-order valence-electron chi connectivity index (χ1n) is 8.65. The number of furan rings is 1. The van der Waals surface area contributed by atoms with Gasteiger partial charge >= 0.3 is 0 Å². The zero-order valence-corrected chi connectivity index (χ0v) is 13.3. The number of carbonyl (C=O) groups is 1. The summed E-state index contributed by atoms with van der Waals surface area (Å²) in [6, 6.07) is 3.96. The molecule has 0 spiro atoms. The van der Waals surface area contributed by atoms with Crippen LogP contribution in [0.1, 0.15) is 51.2 Å². The molecule has 4 saturated carbocycles. The molecule has 1 aromatic heterocycles. The fourth-order valence-corrected chi connectivity index (χ4v) is 5.67. The molecule has 0 aliphatic heterocycles. The summed E-state index contributed by atoms with van der Waals surface area (Å²) in [4.78, 5) is 12.2. The van der Waals surface area contributed by atoms with Gasteiger partial charge in [-0.2, -0.15) is 0 Å². The summed E-state index contributed by atoms with van der Waals surface area (Å²) < 4.78 is 5.22. The van der Waals surface area contributed by atoms with E-state index in [1.807, 2.05) is 12.1 Å². The van der Waals surface area contributed by atoms with Crippen molar-refractivity contribution in [3.05, 3.63) is 30.2 Å². The highest BCUT2D eigenvalue weighted by Crippen LogP contribution is 2.61. The first kappa shape index (κ1) is 14.1. The van der Waals surface area contributed by atoms with Crippen LogP contribution in [-0.4, -0.2) is 11.9 Å². The molecule has 0 aromatic carbocycles. The predicted octanol–water partition coefficient (Wildman–Crippen LogP) is 4.01. The molecule has 0 radical (unpaired) electrons. The first-order chi connectivity index (χ1) is 10.6. The van der Waals surface area contributed by atoms with E-state index in [0.717, 1.165) is 23.5 Å². The van der Waals surface area contributed by atoms with Gasteiger partial charge in [0.25, 0.3) is 0 Å². The average molecular weight is 299 g/mol. The second kappa shape index (κ2) is 5.29. The predicted molar refractivity (Wildman–Crippen MR) is 86.0 cm³/mol. The molecular weight excluding hydrogens is 274 g/mol. The molecule has 4 aliphatic carbocycles. The Morgan fingerprint density at radius 3 is 2.45 bits per heavy atom. The Balaban J connectivity index is 1.41. The van der Waals surface area contributed by atoms with Crippen LogP contribution in [0.2, 0.25) is 0 Å². The van der Waals surface area contributed by atoms with Crippen molar-refractivity contribution in [2.24, 2.45) is 23.2 Å². The Bertz CT molecular complexity index is 537. The van der Waals surface area contributed by atoms with Gasteiger partial charge in [-0.25, -0.2) is 0 Å². The van der Waals surface area contributed by atoms with Crippen molar-refractivity contribution in [1.29, 1.82) is 0 Å². The standard InChI is InChI=1S/C19H25NO2/c1-13(20-18(21)5-4-17-3-2-6-22-17)19-10-14-7-15(11-19)9-16(8-14)12-19/h2-6,13-16H,7-12H2,1H3,(H,20,21)/b5-4+. The molecule has 4 bridgehead atoms. The number of amides is 1. The summed E-state index contributed by atoms with van der Waals surface area (Å²) in [6.07, 6.45) is 13.2. The normalized spacial score (nSPS) is 37.6. The molecule has 5 rings (SSSR count). The van der Waals surface area contributed by atoms with Crippen molar-refractivity contribution in [3.63, 3.8) is 0 Å². The summed E-state index contributed by atoms with van der Waals surface area (Å²) in [5, 5.41) is 3.23. The fourth-order valence-electron chi connectivity index (χ4n) is 5.67. The molecule has 0 saturated heterocycles.